The third kappa shape index (κ3) is 3.18. The second-order valence-electron chi connectivity index (χ2n) is 5.79. The first-order valence-corrected chi connectivity index (χ1v) is 7.18. The fraction of sp³-hybridized carbons (Fsp3) is 0.375. The maximum atomic E-state index is 12.5. The van der Waals surface area contributed by atoms with Crippen molar-refractivity contribution < 1.29 is 14.7 Å². The number of aromatic amines is 1. The number of carboxylic acid groups (broad SMARTS) is 1. The number of fused-ring (bicyclic) bond motifs is 1. The van der Waals surface area contributed by atoms with Gasteiger partial charge in [-0.05, 0) is 37.9 Å². The quantitative estimate of drug-likeness (QED) is 0.569. The van der Waals surface area contributed by atoms with Gasteiger partial charge in [-0.25, -0.2) is 0 Å². The van der Waals surface area contributed by atoms with Crippen LogP contribution in [-0.2, 0) is 16.0 Å². The Kier molecular flexibility index (Phi) is 4.63. The molecule has 0 spiro atoms. The molecule has 1 heterocycles. The normalized spacial score (nSPS) is 15.4. The van der Waals surface area contributed by atoms with E-state index in [1.165, 1.54) is 0 Å². The number of nitrogens with two attached hydrogens (primary N) is 2. The molecule has 2 rings (SSSR count). The summed E-state index contributed by atoms with van der Waals surface area (Å²) in [5.41, 5.74) is 12.1. The Labute approximate surface area is 128 Å². The Morgan fingerprint density at radius 2 is 2.05 bits per heavy atom. The van der Waals surface area contributed by atoms with Gasteiger partial charge >= 0.3 is 5.97 Å². The molecule has 2 aromatic rings. The summed E-state index contributed by atoms with van der Waals surface area (Å²) in [5.74, 6) is -2.83. The minimum Gasteiger partial charge on any atom is -0.481 e. The number of Topliss-reactive ketones (excluding diaryl/α,β-unsaturated/α-hetero) is 1. The largest absolute Gasteiger partial charge is 0.481 e. The molecule has 0 fully saturated rings. The highest BCUT2D eigenvalue weighted by atomic mass is 16.4. The number of carbonyl (C=O) groups is 2. The highest BCUT2D eigenvalue weighted by Gasteiger charge is 2.38. The van der Waals surface area contributed by atoms with Crippen LogP contribution >= 0.6 is 0 Å². The van der Waals surface area contributed by atoms with Crippen molar-refractivity contribution in [2.45, 2.75) is 25.3 Å². The molecule has 0 aliphatic rings. The van der Waals surface area contributed by atoms with E-state index in [1.807, 2.05) is 30.5 Å². The molecule has 0 aliphatic carbocycles. The van der Waals surface area contributed by atoms with Crippen LogP contribution in [0.15, 0.2) is 30.5 Å². The molecule has 1 aromatic carbocycles. The van der Waals surface area contributed by atoms with E-state index in [1.54, 1.807) is 6.92 Å². The first-order chi connectivity index (χ1) is 10.4. The fourth-order valence-corrected chi connectivity index (χ4v) is 2.69. The Morgan fingerprint density at radius 3 is 2.68 bits per heavy atom. The Morgan fingerprint density at radius 1 is 1.36 bits per heavy atom. The lowest BCUT2D eigenvalue weighted by molar-refractivity contribution is -0.148. The fourth-order valence-electron chi connectivity index (χ4n) is 2.69. The van der Waals surface area contributed by atoms with E-state index in [9.17, 15) is 14.7 Å². The number of nitrogens with one attached hydrogen (secondary N) is 1. The molecule has 6 nitrogen and oxygen atoms in total. The van der Waals surface area contributed by atoms with Gasteiger partial charge in [-0.3, -0.25) is 9.59 Å². The lowest BCUT2D eigenvalue weighted by atomic mass is 9.82. The number of carboxylic acids is 1. The summed E-state index contributed by atoms with van der Waals surface area (Å²) in [6.07, 6.45) is 2.17. The van der Waals surface area contributed by atoms with Crippen molar-refractivity contribution in [1.29, 1.82) is 0 Å². The molecule has 6 N–H and O–H groups in total. The van der Waals surface area contributed by atoms with Gasteiger partial charge in [0.25, 0.3) is 0 Å². The van der Waals surface area contributed by atoms with Crippen LogP contribution in [-0.4, -0.2) is 33.9 Å². The zero-order valence-corrected chi connectivity index (χ0v) is 12.5. The maximum absolute atomic E-state index is 12.5. The third-order valence-corrected chi connectivity index (χ3v) is 3.87. The van der Waals surface area contributed by atoms with Gasteiger partial charge in [0, 0.05) is 17.1 Å². The minimum atomic E-state index is -1.26. The van der Waals surface area contributed by atoms with Crippen LogP contribution < -0.4 is 11.5 Å². The standard InChI is InChI=1S/C16H21N3O3/c1-16(18,14(20)12(6-7-17)15(21)22)8-10-9-19-13-5-3-2-4-11(10)13/h2-5,9,12,19H,6-8,17-18H2,1H3,(H,21,22)/t12?,16-/m0/s1. The van der Waals surface area contributed by atoms with Gasteiger partial charge < -0.3 is 21.6 Å². The number of para-hydroxylation sites is 1. The summed E-state index contributed by atoms with van der Waals surface area (Å²) in [7, 11) is 0. The SMILES string of the molecule is C[C@](N)(Cc1c[nH]c2ccccc12)C(=O)C(CCN)C(=O)O. The second kappa shape index (κ2) is 6.29. The highest BCUT2D eigenvalue weighted by Crippen LogP contribution is 2.24. The Bertz CT molecular complexity index is 691. The molecule has 0 aliphatic heterocycles. The predicted octanol–water partition coefficient (Wildman–Crippen LogP) is 1.05. The van der Waals surface area contributed by atoms with Gasteiger partial charge in [0.15, 0.2) is 5.78 Å². The number of aliphatic carboxylic acids is 1. The first-order valence-electron chi connectivity index (χ1n) is 7.18. The topological polar surface area (TPSA) is 122 Å². The molecule has 0 saturated carbocycles. The van der Waals surface area contributed by atoms with Crippen LogP contribution in [0.2, 0.25) is 0 Å². The van der Waals surface area contributed by atoms with E-state index in [-0.39, 0.29) is 19.4 Å². The van der Waals surface area contributed by atoms with Gasteiger partial charge in [0.2, 0.25) is 0 Å². The van der Waals surface area contributed by atoms with Crippen molar-refractivity contribution in [2.75, 3.05) is 6.54 Å². The lowest BCUT2D eigenvalue weighted by Gasteiger charge is -2.26. The van der Waals surface area contributed by atoms with Crippen molar-refractivity contribution in [3.05, 3.63) is 36.0 Å². The van der Waals surface area contributed by atoms with Crippen LogP contribution in [0.4, 0.5) is 0 Å². The molecule has 0 radical (unpaired) electrons. The predicted molar refractivity (Wildman–Crippen MR) is 84.4 cm³/mol. The van der Waals surface area contributed by atoms with E-state index in [2.05, 4.69) is 4.98 Å². The maximum Gasteiger partial charge on any atom is 0.314 e. The lowest BCUT2D eigenvalue weighted by Crippen LogP contribution is -2.51. The number of hydrogen-bond acceptors (Lipinski definition) is 4. The summed E-state index contributed by atoms with van der Waals surface area (Å²) in [6.45, 7) is 1.70. The average Bonchev–Trinajstić information content (AvgIpc) is 2.86. The number of benzene rings is 1. The molecule has 118 valence electrons. The van der Waals surface area contributed by atoms with Crippen LogP contribution in [0.3, 0.4) is 0 Å². The molecular formula is C16H21N3O3. The van der Waals surface area contributed by atoms with Crippen molar-refractivity contribution in [1.82, 2.24) is 4.98 Å². The number of H-pyrrole nitrogens is 1. The summed E-state index contributed by atoms with van der Waals surface area (Å²) >= 11 is 0. The zero-order chi connectivity index (χ0) is 16.3. The number of rotatable bonds is 7. The highest BCUT2D eigenvalue weighted by molar-refractivity contribution is 6.03. The molecule has 1 unspecified atom stereocenters. The molecule has 0 amide bonds. The van der Waals surface area contributed by atoms with Crippen molar-refractivity contribution in [3.8, 4) is 0 Å². The van der Waals surface area contributed by atoms with E-state index >= 15 is 0 Å². The monoisotopic (exact) mass is 303 g/mol. The molecule has 2 atom stereocenters. The first kappa shape index (κ1) is 16.2. The van der Waals surface area contributed by atoms with E-state index in [4.69, 9.17) is 11.5 Å². The van der Waals surface area contributed by atoms with Crippen LogP contribution in [0, 0.1) is 5.92 Å². The van der Waals surface area contributed by atoms with Gasteiger partial charge in [0.05, 0.1) is 5.54 Å². The molecule has 1 aromatic heterocycles. The molecule has 0 saturated heterocycles. The summed E-state index contributed by atoms with van der Waals surface area (Å²) in [5, 5.41) is 10.2. The van der Waals surface area contributed by atoms with Crippen molar-refractivity contribution >= 4 is 22.7 Å². The number of hydrogen-bond donors (Lipinski definition) is 4. The summed E-state index contributed by atoms with van der Waals surface area (Å²) in [4.78, 5) is 26.9. The molecule has 6 heteroatoms. The molecule has 22 heavy (non-hydrogen) atoms. The summed E-state index contributed by atoms with van der Waals surface area (Å²) < 4.78 is 0. The summed E-state index contributed by atoms with van der Waals surface area (Å²) in [6, 6.07) is 7.69. The van der Waals surface area contributed by atoms with E-state index in [0.717, 1.165) is 16.5 Å². The third-order valence-electron chi connectivity index (χ3n) is 3.87. The average molecular weight is 303 g/mol. The molecule has 0 bridgehead atoms. The van der Waals surface area contributed by atoms with E-state index < -0.39 is 23.2 Å². The minimum absolute atomic E-state index is 0.0921. The van der Waals surface area contributed by atoms with Gasteiger partial charge in [0.1, 0.15) is 5.92 Å². The van der Waals surface area contributed by atoms with Crippen LogP contribution in [0.1, 0.15) is 18.9 Å². The van der Waals surface area contributed by atoms with Gasteiger partial charge in [-0.2, -0.15) is 0 Å². The second-order valence-corrected chi connectivity index (χ2v) is 5.79. The zero-order valence-electron chi connectivity index (χ0n) is 12.5. The Hall–Kier alpha value is -2.18. The van der Waals surface area contributed by atoms with Crippen LogP contribution in [0.5, 0.6) is 0 Å². The number of ketones is 1. The smallest absolute Gasteiger partial charge is 0.314 e. The van der Waals surface area contributed by atoms with Crippen molar-refractivity contribution in [2.24, 2.45) is 17.4 Å². The van der Waals surface area contributed by atoms with Gasteiger partial charge in [-0.15, -0.1) is 0 Å². The number of aromatic nitrogens is 1. The van der Waals surface area contributed by atoms with Crippen molar-refractivity contribution in [3.63, 3.8) is 0 Å². The molecular weight excluding hydrogens is 282 g/mol. The number of carbonyl (C=O) groups excluding carboxylic acids is 1. The van der Waals surface area contributed by atoms with E-state index in [0.29, 0.717) is 0 Å². The van der Waals surface area contributed by atoms with Gasteiger partial charge in [-0.1, -0.05) is 18.2 Å². The van der Waals surface area contributed by atoms with Crippen LogP contribution in [0.25, 0.3) is 10.9 Å². The Balaban J connectivity index is 2.26.